The van der Waals surface area contributed by atoms with E-state index in [-0.39, 0.29) is 17.1 Å². The van der Waals surface area contributed by atoms with Gasteiger partial charge in [0.05, 0.1) is 6.61 Å². The smallest absolute Gasteiger partial charge is 0.274 e. The molecule has 2 aromatic carbocycles. The Balaban J connectivity index is 1.38. The number of ketones is 1. The highest BCUT2D eigenvalue weighted by Crippen LogP contribution is 2.66. The van der Waals surface area contributed by atoms with Crippen molar-refractivity contribution in [1.82, 2.24) is 9.88 Å². The van der Waals surface area contributed by atoms with E-state index < -0.39 is 0 Å². The number of amides is 1. The summed E-state index contributed by atoms with van der Waals surface area (Å²) in [6.07, 6.45) is 2.69. The third kappa shape index (κ3) is 2.15. The van der Waals surface area contributed by atoms with Crippen molar-refractivity contribution in [2.24, 2.45) is 5.92 Å². The lowest BCUT2D eigenvalue weighted by Gasteiger charge is -2.29. The predicted octanol–water partition coefficient (Wildman–Crippen LogP) is 4.06. The van der Waals surface area contributed by atoms with Crippen LogP contribution in [-0.2, 0) is 5.41 Å². The highest BCUT2D eigenvalue weighted by Gasteiger charge is 2.67. The molecule has 3 aliphatic rings. The zero-order valence-electron chi connectivity index (χ0n) is 16.1. The second-order valence-electron chi connectivity index (χ2n) is 8.09. The maximum atomic E-state index is 13.4. The van der Waals surface area contributed by atoms with Gasteiger partial charge in [-0.3, -0.25) is 9.59 Å². The number of aromatic amines is 1. The van der Waals surface area contributed by atoms with Crippen molar-refractivity contribution in [3.05, 3.63) is 77.1 Å². The Bertz CT molecular complexity index is 1240. The highest BCUT2D eigenvalue weighted by molar-refractivity contribution is 6.10. The molecule has 5 heteroatoms. The van der Waals surface area contributed by atoms with Gasteiger partial charge in [-0.1, -0.05) is 24.3 Å². The number of carbonyl (C=O) groups is 2. The lowest BCUT2D eigenvalue weighted by molar-refractivity contribution is 0.0806. The molecule has 0 unspecified atom stereocenters. The van der Waals surface area contributed by atoms with Crippen LogP contribution in [0.2, 0.25) is 0 Å². The average Bonchev–Trinajstić information content (AvgIpc) is 3.12. The lowest BCUT2D eigenvalue weighted by atomic mass is 9.81. The second-order valence-corrected chi connectivity index (χ2v) is 8.09. The van der Waals surface area contributed by atoms with Gasteiger partial charge in [-0.05, 0) is 49.1 Å². The summed E-state index contributed by atoms with van der Waals surface area (Å²) < 4.78 is 5.56. The predicted molar refractivity (Wildman–Crippen MR) is 109 cm³/mol. The molecule has 5 nitrogen and oxygen atoms in total. The number of carbonyl (C=O) groups excluding carboxylic acids is 2. The first kappa shape index (κ1) is 16.6. The molecule has 0 radical (unpaired) electrons. The molecular weight excluding hydrogens is 364 g/mol. The Morgan fingerprint density at radius 1 is 1.24 bits per heavy atom. The molecule has 1 aliphatic heterocycles. The number of likely N-dealkylation sites (tertiary alicyclic amines) is 1. The van der Waals surface area contributed by atoms with Crippen molar-refractivity contribution >= 4 is 22.6 Å². The summed E-state index contributed by atoms with van der Waals surface area (Å²) in [5.74, 6) is 1.09. The number of piperidine rings is 1. The second kappa shape index (κ2) is 5.60. The van der Waals surface area contributed by atoms with Gasteiger partial charge in [-0.15, -0.1) is 0 Å². The number of allylic oxidation sites excluding steroid dienone is 2. The summed E-state index contributed by atoms with van der Waals surface area (Å²) in [4.78, 5) is 31.1. The Labute approximate surface area is 168 Å². The lowest BCUT2D eigenvalue weighted by Crippen LogP contribution is -2.33. The van der Waals surface area contributed by atoms with Crippen molar-refractivity contribution in [2.75, 3.05) is 13.2 Å². The van der Waals surface area contributed by atoms with Crippen molar-refractivity contribution in [2.45, 2.75) is 18.8 Å². The first-order valence-corrected chi connectivity index (χ1v) is 10.1. The normalized spacial score (nSPS) is 24.0. The van der Waals surface area contributed by atoms with Gasteiger partial charge >= 0.3 is 0 Å². The van der Waals surface area contributed by atoms with Crippen LogP contribution in [0.1, 0.15) is 39.8 Å². The van der Waals surface area contributed by atoms with Gasteiger partial charge in [0.25, 0.3) is 5.91 Å². The van der Waals surface area contributed by atoms with E-state index in [2.05, 4.69) is 4.98 Å². The maximum absolute atomic E-state index is 13.4. The van der Waals surface area contributed by atoms with E-state index in [1.807, 2.05) is 55.5 Å². The van der Waals surface area contributed by atoms with Crippen LogP contribution in [0.3, 0.4) is 0 Å². The first-order valence-electron chi connectivity index (χ1n) is 10.1. The molecule has 1 aromatic heterocycles. The first-order chi connectivity index (χ1) is 14.1. The number of nitrogens with zero attached hydrogens (tertiary/aromatic N) is 1. The molecule has 1 N–H and O–H groups in total. The molecule has 2 atom stereocenters. The van der Waals surface area contributed by atoms with Crippen LogP contribution in [0.4, 0.5) is 0 Å². The maximum Gasteiger partial charge on any atom is 0.274 e. The standard InChI is InChI=1S/C24H20N2O3/c1-2-29-16-7-8-19-14(9-16)10-20(25-19)23(28)26-13-15-12-24(15)18-6-4-3-5-17(18)21(27)11-22(24)26/h3-11,15,25H,2,12-13H2,1H3/t15-,24-/m1/s1. The number of fused-ring (bicyclic) bond motifs is 2. The van der Waals surface area contributed by atoms with E-state index in [1.165, 1.54) is 0 Å². The number of benzene rings is 2. The van der Waals surface area contributed by atoms with E-state index in [9.17, 15) is 9.59 Å². The summed E-state index contributed by atoms with van der Waals surface area (Å²) in [5, 5.41) is 0.942. The van der Waals surface area contributed by atoms with Crippen molar-refractivity contribution in [3.8, 4) is 5.75 Å². The van der Waals surface area contributed by atoms with Crippen LogP contribution in [0, 0.1) is 5.92 Å². The van der Waals surface area contributed by atoms with Gasteiger partial charge in [0, 0.05) is 40.2 Å². The SMILES string of the molecule is CCOc1ccc2[nH]c(C(=O)N3C[C@H]4C[C@@]45C3=CC(=O)c3ccccc35)cc2c1. The number of ether oxygens (including phenoxy) is 1. The fourth-order valence-electron chi connectivity index (χ4n) is 5.21. The molecule has 0 bridgehead atoms. The van der Waals surface area contributed by atoms with Gasteiger partial charge in [0.1, 0.15) is 11.4 Å². The van der Waals surface area contributed by atoms with Gasteiger partial charge < -0.3 is 14.6 Å². The van der Waals surface area contributed by atoms with Crippen LogP contribution in [0.5, 0.6) is 5.75 Å². The molecule has 1 spiro atoms. The Morgan fingerprint density at radius 2 is 2.10 bits per heavy atom. The van der Waals surface area contributed by atoms with E-state index in [4.69, 9.17) is 4.74 Å². The fourth-order valence-corrected chi connectivity index (χ4v) is 5.21. The fraction of sp³-hybridized carbons (Fsp3) is 0.250. The molecule has 29 heavy (non-hydrogen) atoms. The van der Waals surface area contributed by atoms with E-state index in [0.29, 0.717) is 24.8 Å². The largest absolute Gasteiger partial charge is 0.494 e. The van der Waals surface area contributed by atoms with Crippen LogP contribution in [-0.4, -0.2) is 34.7 Å². The summed E-state index contributed by atoms with van der Waals surface area (Å²) in [5.41, 5.74) is 4.01. The molecule has 144 valence electrons. The van der Waals surface area contributed by atoms with Crippen molar-refractivity contribution < 1.29 is 14.3 Å². The zero-order valence-corrected chi connectivity index (χ0v) is 16.1. The molecule has 2 heterocycles. The number of nitrogens with one attached hydrogen (secondary N) is 1. The van der Waals surface area contributed by atoms with Gasteiger partial charge in [0.2, 0.25) is 0 Å². The van der Waals surface area contributed by atoms with E-state index in [1.54, 1.807) is 11.0 Å². The van der Waals surface area contributed by atoms with Crippen LogP contribution >= 0.6 is 0 Å². The summed E-state index contributed by atoms with van der Waals surface area (Å²) in [7, 11) is 0. The minimum Gasteiger partial charge on any atom is -0.494 e. The summed E-state index contributed by atoms with van der Waals surface area (Å²) >= 11 is 0. The van der Waals surface area contributed by atoms with E-state index in [0.717, 1.165) is 39.9 Å². The average molecular weight is 384 g/mol. The number of H-pyrrole nitrogens is 1. The zero-order chi connectivity index (χ0) is 19.8. The number of aromatic nitrogens is 1. The Kier molecular flexibility index (Phi) is 3.20. The van der Waals surface area contributed by atoms with Crippen LogP contribution in [0.25, 0.3) is 10.9 Å². The third-order valence-corrected chi connectivity index (χ3v) is 6.58. The van der Waals surface area contributed by atoms with E-state index >= 15 is 0 Å². The molecule has 1 saturated heterocycles. The molecule has 2 aliphatic carbocycles. The molecule has 1 saturated carbocycles. The molecule has 6 rings (SSSR count). The Morgan fingerprint density at radius 3 is 2.97 bits per heavy atom. The number of hydrogen-bond acceptors (Lipinski definition) is 3. The molecular formula is C24H20N2O3. The summed E-state index contributed by atoms with van der Waals surface area (Å²) in [6.45, 7) is 3.20. The Hall–Kier alpha value is -3.34. The highest BCUT2D eigenvalue weighted by atomic mass is 16.5. The van der Waals surface area contributed by atoms with Crippen LogP contribution < -0.4 is 4.74 Å². The van der Waals surface area contributed by atoms with Crippen molar-refractivity contribution in [3.63, 3.8) is 0 Å². The monoisotopic (exact) mass is 384 g/mol. The van der Waals surface area contributed by atoms with Crippen molar-refractivity contribution in [1.29, 1.82) is 0 Å². The molecule has 1 amide bonds. The topological polar surface area (TPSA) is 62.4 Å². The number of rotatable bonds is 3. The molecule has 3 aromatic rings. The molecule has 2 fully saturated rings. The minimum atomic E-state index is -0.158. The quantitative estimate of drug-likeness (QED) is 0.741. The van der Waals surface area contributed by atoms with Crippen LogP contribution in [0.15, 0.2) is 60.3 Å². The minimum absolute atomic E-state index is 0.00965. The summed E-state index contributed by atoms with van der Waals surface area (Å²) in [6, 6.07) is 15.5. The number of hydrogen-bond donors (Lipinski definition) is 1. The third-order valence-electron chi connectivity index (χ3n) is 6.58. The van der Waals surface area contributed by atoms with Gasteiger partial charge in [-0.25, -0.2) is 0 Å². The van der Waals surface area contributed by atoms with Gasteiger partial charge in [0.15, 0.2) is 5.78 Å². The van der Waals surface area contributed by atoms with Gasteiger partial charge in [-0.2, -0.15) is 0 Å².